The molecule has 3 atom stereocenters. The molecule has 0 radical (unpaired) electrons. The molecule has 0 saturated heterocycles. The molecule has 1 aliphatic heterocycles. The van der Waals surface area contributed by atoms with Crippen molar-refractivity contribution in [2.45, 2.75) is 35.0 Å². The Balaban J connectivity index is 1.65. The number of H-pyrrole nitrogens is 1. The maximum Gasteiger partial charge on any atom is 0.253 e. The molecule has 0 amide bonds. The molecule has 9 nitrogen and oxygen atoms in total. The predicted molar refractivity (Wildman–Crippen MR) is 146 cm³/mol. The number of sulfonamides is 1. The van der Waals surface area contributed by atoms with Crippen molar-refractivity contribution in [1.29, 1.82) is 5.26 Å². The fraction of sp³-hybridized carbons (Fsp3) is 0.231. The average Bonchev–Trinajstić information content (AvgIpc) is 3.62. The summed E-state index contributed by atoms with van der Waals surface area (Å²) >= 11 is -1.15. The zero-order valence-electron chi connectivity index (χ0n) is 20.2. The summed E-state index contributed by atoms with van der Waals surface area (Å²) in [6.45, 7) is 0.181. The average molecular weight is 568 g/mol. The van der Waals surface area contributed by atoms with Crippen molar-refractivity contribution in [2.24, 2.45) is 0 Å². The topological polar surface area (TPSA) is 130 Å². The van der Waals surface area contributed by atoms with E-state index in [1.165, 1.54) is 4.31 Å². The Labute approximate surface area is 227 Å². The number of aromatic nitrogens is 2. The predicted octanol–water partition coefficient (Wildman–Crippen LogP) is 3.76. The molecule has 2 aromatic carbocycles. The number of nitrogens with one attached hydrogen (secondary N) is 1. The van der Waals surface area contributed by atoms with Gasteiger partial charge in [0, 0.05) is 43.6 Å². The van der Waals surface area contributed by atoms with Crippen LogP contribution in [0.2, 0.25) is 0 Å². The number of hydrogen-bond acceptors (Lipinski definition) is 7. The summed E-state index contributed by atoms with van der Waals surface area (Å²) < 4.78 is 52.8. The minimum Gasteiger partial charge on any atom is -0.353 e. The van der Waals surface area contributed by atoms with Crippen LogP contribution in [0.15, 0.2) is 82.6 Å². The van der Waals surface area contributed by atoms with Gasteiger partial charge in [-0.3, -0.25) is 0 Å². The van der Waals surface area contributed by atoms with Crippen LogP contribution in [0.4, 0.5) is 5.69 Å². The van der Waals surface area contributed by atoms with Crippen LogP contribution >= 0.6 is 11.3 Å². The molecule has 38 heavy (non-hydrogen) atoms. The summed E-state index contributed by atoms with van der Waals surface area (Å²) in [5.41, 5.74) is 2.53. The Bertz CT molecular complexity index is 1550. The van der Waals surface area contributed by atoms with Gasteiger partial charge >= 0.3 is 0 Å². The van der Waals surface area contributed by atoms with Gasteiger partial charge in [-0.05, 0) is 47.2 Å². The smallest absolute Gasteiger partial charge is 0.253 e. The third-order valence-corrected chi connectivity index (χ3v) is 10.7. The first-order valence-corrected chi connectivity index (χ1v) is 15.3. The minimum atomic E-state index is -3.91. The van der Waals surface area contributed by atoms with Gasteiger partial charge in [0.2, 0.25) is 0 Å². The van der Waals surface area contributed by atoms with Crippen molar-refractivity contribution in [2.75, 3.05) is 11.4 Å². The van der Waals surface area contributed by atoms with Crippen molar-refractivity contribution < 1.29 is 17.2 Å². The SMILES string of the molecule is N#Cc1ccc2c(c1)CN(S(=O)(=O)c1cccs1)[C@H](Cc1ccccc1)CN2C(Cc1ncc[nH]1)S(=O)O. The van der Waals surface area contributed by atoms with Gasteiger partial charge in [-0.1, -0.05) is 36.4 Å². The molecule has 0 fully saturated rings. The standard InChI is InChI=1S/C26H25N5O4S3/c27-16-20-8-9-23-21(13-20)17-31(38(34,35)26-7-4-12-36-26)22(14-19-5-2-1-3-6-19)18-30(23)25(37(32)33)15-24-28-10-11-29-24/h1-13,22,25H,14-15,17-18H2,(H,28,29)(H,32,33)/t22-,25?/m1/s1. The number of fused-ring (bicyclic) bond motifs is 1. The zero-order chi connectivity index (χ0) is 26.7. The van der Waals surface area contributed by atoms with Crippen LogP contribution in [-0.2, 0) is 40.5 Å². The number of rotatable bonds is 8. The Morgan fingerprint density at radius 1 is 1.21 bits per heavy atom. The van der Waals surface area contributed by atoms with Crippen molar-refractivity contribution in [3.63, 3.8) is 0 Å². The summed E-state index contributed by atoms with van der Waals surface area (Å²) in [5.74, 6) is 0.541. The van der Waals surface area contributed by atoms with Crippen LogP contribution < -0.4 is 4.90 Å². The highest BCUT2D eigenvalue weighted by Crippen LogP contribution is 2.35. The molecule has 0 aliphatic carbocycles. The fourth-order valence-corrected chi connectivity index (χ4v) is 8.20. The lowest BCUT2D eigenvalue weighted by molar-refractivity contribution is 0.317. The number of nitriles is 1. The highest BCUT2D eigenvalue weighted by molar-refractivity contribution is 7.91. The maximum atomic E-state index is 14.0. The molecular weight excluding hydrogens is 543 g/mol. The Morgan fingerprint density at radius 3 is 2.68 bits per heavy atom. The third kappa shape index (κ3) is 5.43. The van der Waals surface area contributed by atoms with Gasteiger partial charge in [-0.15, -0.1) is 11.3 Å². The summed E-state index contributed by atoms with van der Waals surface area (Å²) in [6.07, 6.45) is 3.77. The van der Waals surface area contributed by atoms with E-state index in [1.54, 1.807) is 53.0 Å². The van der Waals surface area contributed by atoms with Gasteiger partial charge in [0.1, 0.15) is 15.4 Å². The first-order valence-electron chi connectivity index (χ1n) is 11.8. The summed E-state index contributed by atoms with van der Waals surface area (Å²) in [7, 11) is -3.91. The second-order valence-electron chi connectivity index (χ2n) is 8.90. The van der Waals surface area contributed by atoms with E-state index in [-0.39, 0.29) is 23.7 Å². The number of imidazole rings is 1. The lowest BCUT2D eigenvalue weighted by Gasteiger charge is -2.35. The number of anilines is 1. The summed E-state index contributed by atoms with van der Waals surface area (Å²) in [5, 5.41) is 10.4. The van der Waals surface area contributed by atoms with E-state index in [0.29, 0.717) is 29.1 Å². The zero-order valence-corrected chi connectivity index (χ0v) is 22.6. The maximum absolute atomic E-state index is 14.0. The highest BCUT2D eigenvalue weighted by atomic mass is 32.2. The molecule has 0 bridgehead atoms. The number of aromatic amines is 1. The number of benzene rings is 2. The molecule has 5 rings (SSSR count). The lowest BCUT2D eigenvalue weighted by Crippen LogP contribution is -2.49. The highest BCUT2D eigenvalue weighted by Gasteiger charge is 2.40. The largest absolute Gasteiger partial charge is 0.353 e. The Morgan fingerprint density at radius 2 is 2.03 bits per heavy atom. The number of hydrogen-bond donors (Lipinski definition) is 2. The molecule has 2 aromatic heterocycles. The number of thiophene rings is 1. The normalized spacial score (nSPS) is 17.8. The van der Waals surface area contributed by atoms with Crippen LogP contribution in [0.3, 0.4) is 0 Å². The second-order valence-corrected chi connectivity index (χ2v) is 13.1. The molecule has 196 valence electrons. The van der Waals surface area contributed by atoms with E-state index in [2.05, 4.69) is 16.0 Å². The lowest BCUT2D eigenvalue weighted by atomic mass is 10.1. The molecule has 0 spiro atoms. The molecule has 4 aromatic rings. The second kappa shape index (κ2) is 11.2. The van der Waals surface area contributed by atoms with Gasteiger partial charge in [-0.2, -0.15) is 9.57 Å². The van der Waals surface area contributed by atoms with E-state index < -0.39 is 32.5 Å². The molecule has 1 aliphatic rings. The van der Waals surface area contributed by atoms with Gasteiger partial charge in [0.25, 0.3) is 10.0 Å². The van der Waals surface area contributed by atoms with E-state index in [0.717, 1.165) is 16.9 Å². The molecular formula is C26H25N5O4S3. The van der Waals surface area contributed by atoms with Crippen LogP contribution in [-0.4, -0.2) is 49.4 Å². The third-order valence-electron chi connectivity index (χ3n) is 6.53. The fourth-order valence-electron chi connectivity index (χ4n) is 4.77. The van der Waals surface area contributed by atoms with Gasteiger partial charge in [-0.25, -0.2) is 17.6 Å². The first-order chi connectivity index (χ1) is 18.4. The van der Waals surface area contributed by atoms with E-state index in [1.807, 2.05) is 30.3 Å². The molecule has 2 unspecified atom stereocenters. The van der Waals surface area contributed by atoms with Crippen LogP contribution in [0.1, 0.15) is 22.5 Å². The molecule has 12 heteroatoms. The van der Waals surface area contributed by atoms with E-state index in [9.17, 15) is 22.4 Å². The number of nitrogens with zero attached hydrogens (tertiary/aromatic N) is 4. The van der Waals surface area contributed by atoms with E-state index >= 15 is 0 Å². The molecule has 3 heterocycles. The van der Waals surface area contributed by atoms with Gasteiger partial charge < -0.3 is 14.4 Å². The van der Waals surface area contributed by atoms with Gasteiger partial charge in [0.15, 0.2) is 11.1 Å². The van der Waals surface area contributed by atoms with Crippen molar-refractivity contribution in [3.05, 3.63) is 101 Å². The van der Waals surface area contributed by atoms with Crippen LogP contribution in [0.5, 0.6) is 0 Å². The first kappa shape index (κ1) is 26.3. The summed E-state index contributed by atoms with van der Waals surface area (Å²) in [4.78, 5) is 9.03. The van der Waals surface area contributed by atoms with Crippen molar-refractivity contribution >= 4 is 38.1 Å². The Kier molecular flexibility index (Phi) is 7.73. The van der Waals surface area contributed by atoms with E-state index in [4.69, 9.17) is 0 Å². The van der Waals surface area contributed by atoms with Crippen LogP contribution in [0, 0.1) is 11.3 Å². The monoisotopic (exact) mass is 567 g/mol. The van der Waals surface area contributed by atoms with Crippen LogP contribution in [0.25, 0.3) is 0 Å². The minimum absolute atomic E-state index is 0.0185. The quantitative estimate of drug-likeness (QED) is 0.310. The Hall–Kier alpha value is -3.34. The van der Waals surface area contributed by atoms with Crippen molar-refractivity contribution in [3.8, 4) is 6.07 Å². The summed E-state index contributed by atoms with van der Waals surface area (Å²) in [6, 6.07) is 19.5. The molecule has 2 N–H and O–H groups in total. The van der Waals surface area contributed by atoms with Crippen molar-refractivity contribution in [1.82, 2.24) is 14.3 Å². The molecule has 0 saturated carbocycles. The van der Waals surface area contributed by atoms with Gasteiger partial charge in [0.05, 0.1) is 11.6 Å².